The topological polar surface area (TPSA) is 22.0 Å². The van der Waals surface area contributed by atoms with E-state index >= 15 is 0 Å². The maximum Gasteiger partial charge on any atom is 0.262 e. The van der Waals surface area contributed by atoms with Gasteiger partial charge in [-0.25, -0.2) is 0 Å². The van der Waals surface area contributed by atoms with Crippen molar-refractivity contribution in [3.8, 4) is 0 Å². The van der Waals surface area contributed by atoms with Crippen LogP contribution in [0.25, 0.3) is 10.9 Å². The van der Waals surface area contributed by atoms with Gasteiger partial charge < -0.3 is 0 Å². The molecule has 18 heavy (non-hydrogen) atoms. The smallest absolute Gasteiger partial charge is 0.262 e. The van der Waals surface area contributed by atoms with Gasteiger partial charge in [0.15, 0.2) is 0 Å². The molecule has 3 aromatic rings. The molecule has 3 rings (SSSR count). The Morgan fingerprint density at radius 1 is 0.944 bits per heavy atom. The molecule has 0 fully saturated rings. The molecular weight excluding hydrogens is 290 g/mol. The van der Waals surface area contributed by atoms with Gasteiger partial charge in [-0.3, -0.25) is 9.36 Å². The van der Waals surface area contributed by atoms with Crippen LogP contribution in [0.2, 0.25) is 0 Å². The zero-order valence-electron chi connectivity index (χ0n) is 9.51. The molecule has 1 aromatic heterocycles. The lowest BCUT2D eigenvalue weighted by Gasteiger charge is -2.05. The molecule has 0 atom stereocenters. The van der Waals surface area contributed by atoms with Crippen molar-refractivity contribution >= 4 is 32.7 Å². The van der Waals surface area contributed by atoms with E-state index in [0.29, 0.717) is 5.56 Å². The fourth-order valence-electron chi connectivity index (χ4n) is 2.04. The molecule has 0 amide bonds. The van der Waals surface area contributed by atoms with E-state index in [0.717, 1.165) is 15.4 Å². The maximum absolute atomic E-state index is 12.4. The minimum atomic E-state index is -0.0162. The second-order valence-electron chi connectivity index (χ2n) is 4.03. The van der Waals surface area contributed by atoms with E-state index in [1.54, 1.807) is 4.57 Å². The Labute approximate surface area is 113 Å². The lowest BCUT2D eigenvalue weighted by Crippen LogP contribution is -2.10. The van der Waals surface area contributed by atoms with E-state index in [1.165, 1.54) is 0 Å². The third-order valence-electron chi connectivity index (χ3n) is 2.90. The van der Waals surface area contributed by atoms with Crippen LogP contribution in [0.3, 0.4) is 0 Å². The number of fused-ring (bicyclic) bond motifs is 1. The van der Waals surface area contributed by atoms with Crippen molar-refractivity contribution in [3.63, 3.8) is 0 Å². The second-order valence-corrected chi connectivity index (χ2v) is 4.89. The van der Waals surface area contributed by atoms with E-state index in [2.05, 4.69) is 15.9 Å². The van der Waals surface area contributed by atoms with Crippen LogP contribution in [0.15, 0.2) is 65.3 Å². The number of carbonyl (C=O) groups is 1. The lowest BCUT2D eigenvalue weighted by molar-refractivity contribution is 0.0965. The van der Waals surface area contributed by atoms with E-state index in [-0.39, 0.29) is 5.91 Å². The second kappa shape index (κ2) is 4.42. The third kappa shape index (κ3) is 1.77. The minimum Gasteiger partial charge on any atom is -0.282 e. The van der Waals surface area contributed by atoms with Crippen LogP contribution < -0.4 is 0 Å². The maximum atomic E-state index is 12.4. The Morgan fingerprint density at radius 3 is 2.50 bits per heavy atom. The zero-order chi connectivity index (χ0) is 12.5. The molecule has 3 heteroatoms. The molecule has 0 saturated carbocycles. The summed E-state index contributed by atoms with van der Waals surface area (Å²) < 4.78 is 2.60. The number of aromatic nitrogens is 1. The van der Waals surface area contributed by atoms with Crippen LogP contribution in [0, 0.1) is 0 Å². The van der Waals surface area contributed by atoms with E-state index in [4.69, 9.17) is 0 Å². The highest BCUT2D eigenvalue weighted by Crippen LogP contribution is 2.25. The van der Waals surface area contributed by atoms with Gasteiger partial charge in [0.2, 0.25) is 0 Å². The van der Waals surface area contributed by atoms with Crippen molar-refractivity contribution in [2.45, 2.75) is 0 Å². The molecule has 0 saturated heterocycles. The number of hydrogen-bond donors (Lipinski definition) is 0. The van der Waals surface area contributed by atoms with E-state index in [9.17, 15) is 4.79 Å². The Morgan fingerprint density at radius 2 is 1.72 bits per heavy atom. The number of hydrogen-bond acceptors (Lipinski definition) is 1. The minimum absolute atomic E-state index is 0.0162. The van der Waals surface area contributed by atoms with Gasteiger partial charge in [-0.2, -0.15) is 0 Å². The van der Waals surface area contributed by atoms with Crippen molar-refractivity contribution < 1.29 is 4.79 Å². The van der Waals surface area contributed by atoms with Crippen molar-refractivity contribution in [3.05, 3.63) is 70.8 Å². The number of benzene rings is 2. The summed E-state index contributed by atoms with van der Waals surface area (Å²) in [4.78, 5) is 12.4. The first-order valence-electron chi connectivity index (χ1n) is 5.63. The van der Waals surface area contributed by atoms with Crippen LogP contribution >= 0.6 is 15.9 Å². The van der Waals surface area contributed by atoms with Gasteiger partial charge in [0, 0.05) is 21.6 Å². The molecular formula is C15H10BrNO. The molecule has 2 nitrogen and oxygen atoms in total. The van der Waals surface area contributed by atoms with Crippen molar-refractivity contribution in [1.82, 2.24) is 4.57 Å². The van der Waals surface area contributed by atoms with Crippen LogP contribution in [-0.4, -0.2) is 10.5 Å². The molecule has 2 aromatic carbocycles. The van der Waals surface area contributed by atoms with Crippen molar-refractivity contribution in [2.75, 3.05) is 0 Å². The Balaban J connectivity index is 2.19. The van der Waals surface area contributed by atoms with E-state index in [1.807, 2.05) is 60.8 Å². The SMILES string of the molecule is O=C(c1ccccc1)n1ccc2cccc(Br)c21. The fraction of sp³-hybridized carbons (Fsp3) is 0. The number of nitrogens with zero attached hydrogens (tertiary/aromatic N) is 1. The number of halogens is 1. The molecule has 1 heterocycles. The number of rotatable bonds is 1. The number of carbonyl (C=O) groups excluding carboxylic acids is 1. The Hall–Kier alpha value is -1.87. The molecule has 0 aliphatic heterocycles. The highest BCUT2D eigenvalue weighted by Gasteiger charge is 2.12. The first-order valence-corrected chi connectivity index (χ1v) is 6.42. The van der Waals surface area contributed by atoms with Crippen LogP contribution in [0.5, 0.6) is 0 Å². The normalized spacial score (nSPS) is 10.7. The van der Waals surface area contributed by atoms with Gasteiger partial charge in [0.05, 0.1) is 5.52 Å². The van der Waals surface area contributed by atoms with Crippen LogP contribution in [0.1, 0.15) is 10.4 Å². The highest BCUT2D eigenvalue weighted by atomic mass is 79.9. The average molecular weight is 300 g/mol. The predicted octanol–water partition coefficient (Wildman–Crippen LogP) is 4.09. The van der Waals surface area contributed by atoms with Gasteiger partial charge in [0.25, 0.3) is 5.91 Å². The highest BCUT2D eigenvalue weighted by molar-refractivity contribution is 9.10. The quantitative estimate of drug-likeness (QED) is 0.663. The fourth-order valence-corrected chi connectivity index (χ4v) is 2.61. The first kappa shape index (κ1) is 11.2. The summed E-state index contributed by atoms with van der Waals surface area (Å²) in [7, 11) is 0. The first-order chi connectivity index (χ1) is 8.77. The summed E-state index contributed by atoms with van der Waals surface area (Å²) in [6, 6.07) is 17.1. The largest absolute Gasteiger partial charge is 0.282 e. The molecule has 0 spiro atoms. The zero-order valence-corrected chi connectivity index (χ0v) is 11.1. The summed E-state index contributed by atoms with van der Waals surface area (Å²) in [5, 5.41) is 1.05. The summed E-state index contributed by atoms with van der Waals surface area (Å²) in [6.07, 6.45) is 1.81. The molecule has 88 valence electrons. The Kier molecular flexibility index (Phi) is 2.76. The standard InChI is InChI=1S/C15H10BrNO/c16-13-8-4-7-11-9-10-17(14(11)13)15(18)12-5-2-1-3-6-12/h1-10H. The molecule has 0 radical (unpaired) electrons. The van der Waals surface area contributed by atoms with Crippen LogP contribution in [0.4, 0.5) is 0 Å². The third-order valence-corrected chi connectivity index (χ3v) is 3.54. The molecule has 0 unspecified atom stereocenters. The molecule has 0 bridgehead atoms. The lowest BCUT2D eigenvalue weighted by atomic mass is 10.2. The van der Waals surface area contributed by atoms with Gasteiger partial charge in [-0.05, 0) is 40.2 Å². The van der Waals surface area contributed by atoms with Gasteiger partial charge in [-0.1, -0.05) is 30.3 Å². The average Bonchev–Trinajstić information content (AvgIpc) is 2.84. The van der Waals surface area contributed by atoms with Crippen LogP contribution in [-0.2, 0) is 0 Å². The molecule has 0 aliphatic carbocycles. The predicted molar refractivity (Wildman–Crippen MR) is 75.8 cm³/mol. The molecule has 0 N–H and O–H groups in total. The number of para-hydroxylation sites is 1. The monoisotopic (exact) mass is 299 g/mol. The van der Waals surface area contributed by atoms with Gasteiger partial charge >= 0.3 is 0 Å². The summed E-state index contributed by atoms with van der Waals surface area (Å²) in [5.74, 6) is -0.0162. The molecule has 0 aliphatic rings. The summed E-state index contributed by atoms with van der Waals surface area (Å²) >= 11 is 3.49. The van der Waals surface area contributed by atoms with Gasteiger partial charge in [0.1, 0.15) is 0 Å². The van der Waals surface area contributed by atoms with E-state index < -0.39 is 0 Å². The van der Waals surface area contributed by atoms with Gasteiger partial charge in [-0.15, -0.1) is 0 Å². The summed E-state index contributed by atoms with van der Waals surface area (Å²) in [5.41, 5.74) is 1.59. The van der Waals surface area contributed by atoms with Crippen molar-refractivity contribution in [1.29, 1.82) is 0 Å². The van der Waals surface area contributed by atoms with Crippen molar-refractivity contribution in [2.24, 2.45) is 0 Å². The summed E-state index contributed by atoms with van der Waals surface area (Å²) in [6.45, 7) is 0. The Bertz CT molecular complexity index is 716.